The molecule has 3 aromatic rings. The van der Waals surface area contributed by atoms with E-state index in [0.29, 0.717) is 13.0 Å². The molecule has 6 heteroatoms. The van der Waals surface area contributed by atoms with E-state index in [9.17, 15) is 4.79 Å². The number of nitrogens with one attached hydrogen (secondary N) is 1. The summed E-state index contributed by atoms with van der Waals surface area (Å²) in [6, 6.07) is 13.7. The van der Waals surface area contributed by atoms with Crippen molar-refractivity contribution in [2.75, 3.05) is 18.6 Å². The molecule has 2 aromatic heterocycles. The Morgan fingerprint density at radius 1 is 1.19 bits per heavy atom. The number of ether oxygens (including phenoxy) is 1. The average Bonchev–Trinajstić information content (AvgIpc) is 3.18. The maximum atomic E-state index is 12.7. The van der Waals surface area contributed by atoms with Crippen molar-refractivity contribution in [1.29, 1.82) is 0 Å². The number of rotatable bonds is 4. The monoisotopic (exact) mass is 348 g/mol. The van der Waals surface area contributed by atoms with Crippen molar-refractivity contribution in [2.45, 2.75) is 18.8 Å². The highest BCUT2D eigenvalue weighted by molar-refractivity contribution is 5.94. The van der Waals surface area contributed by atoms with Gasteiger partial charge in [-0.2, -0.15) is 5.10 Å². The molecular formula is C20H20N4O2. The number of carbonyl (C=O) groups is 1. The van der Waals surface area contributed by atoms with Gasteiger partial charge in [-0.3, -0.25) is 19.8 Å². The Hall–Kier alpha value is -3.15. The van der Waals surface area contributed by atoms with E-state index >= 15 is 0 Å². The molecule has 26 heavy (non-hydrogen) atoms. The SMILES string of the molecule is COc1cccc(C2CCN(c3cc(-c4ccncc4)n[nH]3)C(=O)C2)c1. The lowest BCUT2D eigenvalue weighted by Gasteiger charge is -2.30. The highest BCUT2D eigenvalue weighted by Crippen LogP contribution is 2.33. The third-order valence-electron chi connectivity index (χ3n) is 4.82. The van der Waals surface area contributed by atoms with Gasteiger partial charge in [0, 0.05) is 37.0 Å². The number of benzene rings is 1. The Bertz CT molecular complexity index is 907. The summed E-state index contributed by atoms with van der Waals surface area (Å²) in [4.78, 5) is 18.5. The summed E-state index contributed by atoms with van der Waals surface area (Å²) >= 11 is 0. The molecular weight excluding hydrogens is 328 g/mol. The van der Waals surface area contributed by atoms with E-state index in [2.05, 4.69) is 21.2 Å². The zero-order valence-corrected chi connectivity index (χ0v) is 14.6. The van der Waals surface area contributed by atoms with Gasteiger partial charge in [-0.15, -0.1) is 0 Å². The zero-order valence-electron chi connectivity index (χ0n) is 14.6. The summed E-state index contributed by atoms with van der Waals surface area (Å²) in [6.45, 7) is 0.665. The number of pyridine rings is 1. The Morgan fingerprint density at radius 3 is 2.81 bits per heavy atom. The van der Waals surface area contributed by atoms with Crippen LogP contribution >= 0.6 is 0 Å². The van der Waals surface area contributed by atoms with Crippen molar-refractivity contribution in [3.63, 3.8) is 0 Å². The quantitative estimate of drug-likeness (QED) is 0.784. The average molecular weight is 348 g/mol. The fraction of sp³-hybridized carbons (Fsp3) is 0.250. The first-order chi connectivity index (χ1) is 12.7. The Morgan fingerprint density at radius 2 is 2.04 bits per heavy atom. The lowest BCUT2D eigenvalue weighted by Crippen LogP contribution is -2.38. The number of carbonyl (C=O) groups excluding carboxylic acids is 1. The number of amides is 1. The van der Waals surface area contributed by atoms with Crippen LogP contribution in [0, 0.1) is 0 Å². The predicted molar refractivity (Wildman–Crippen MR) is 99.1 cm³/mol. The third-order valence-corrected chi connectivity index (χ3v) is 4.82. The van der Waals surface area contributed by atoms with E-state index in [1.807, 2.05) is 36.4 Å². The highest BCUT2D eigenvalue weighted by Gasteiger charge is 2.29. The van der Waals surface area contributed by atoms with Crippen molar-refractivity contribution in [2.24, 2.45) is 0 Å². The summed E-state index contributed by atoms with van der Waals surface area (Å²) in [5.41, 5.74) is 2.94. The van der Waals surface area contributed by atoms with E-state index in [0.717, 1.165) is 34.8 Å². The van der Waals surface area contributed by atoms with Crippen LogP contribution in [-0.4, -0.2) is 34.7 Å². The molecule has 4 rings (SSSR count). The number of hydrogen-bond donors (Lipinski definition) is 1. The lowest BCUT2D eigenvalue weighted by atomic mass is 9.89. The summed E-state index contributed by atoms with van der Waals surface area (Å²) in [6.07, 6.45) is 4.85. The maximum Gasteiger partial charge on any atom is 0.228 e. The van der Waals surface area contributed by atoms with Gasteiger partial charge in [0.25, 0.3) is 0 Å². The minimum Gasteiger partial charge on any atom is -0.497 e. The molecule has 1 fully saturated rings. The van der Waals surface area contributed by atoms with Crippen LogP contribution in [0.25, 0.3) is 11.3 Å². The van der Waals surface area contributed by atoms with Crippen LogP contribution in [0.3, 0.4) is 0 Å². The summed E-state index contributed by atoms with van der Waals surface area (Å²) in [5, 5.41) is 7.32. The minimum absolute atomic E-state index is 0.106. The van der Waals surface area contributed by atoms with Gasteiger partial charge in [-0.1, -0.05) is 12.1 Å². The topological polar surface area (TPSA) is 71.1 Å². The first-order valence-corrected chi connectivity index (χ1v) is 8.65. The molecule has 1 aliphatic rings. The molecule has 0 bridgehead atoms. The van der Waals surface area contributed by atoms with Crippen LogP contribution in [0.4, 0.5) is 5.82 Å². The first kappa shape index (κ1) is 16.3. The fourth-order valence-electron chi connectivity index (χ4n) is 3.39. The van der Waals surface area contributed by atoms with E-state index in [4.69, 9.17) is 4.74 Å². The molecule has 1 N–H and O–H groups in total. The van der Waals surface area contributed by atoms with Gasteiger partial charge < -0.3 is 4.74 Å². The van der Waals surface area contributed by atoms with Gasteiger partial charge in [0.05, 0.1) is 12.8 Å². The van der Waals surface area contributed by atoms with Crippen LogP contribution in [0.5, 0.6) is 5.75 Å². The van der Waals surface area contributed by atoms with Crippen LogP contribution in [-0.2, 0) is 4.79 Å². The molecule has 0 saturated carbocycles. The zero-order chi connectivity index (χ0) is 17.9. The second-order valence-corrected chi connectivity index (χ2v) is 6.39. The Balaban J connectivity index is 1.49. The number of methoxy groups -OCH3 is 1. The molecule has 0 radical (unpaired) electrons. The van der Waals surface area contributed by atoms with Crippen LogP contribution in [0.2, 0.25) is 0 Å². The smallest absolute Gasteiger partial charge is 0.228 e. The van der Waals surface area contributed by atoms with Gasteiger partial charge in [0.1, 0.15) is 11.6 Å². The van der Waals surface area contributed by atoms with Crippen LogP contribution < -0.4 is 9.64 Å². The lowest BCUT2D eigenvalue weighted by molar-refractivity contribution is -0.120. The van der Waals surface area contributed by atoms with Crippen LogP contribution in [0.15, 0.2) is 54.9 Å². The first-order valence-electron chi connectivity index (χ1n) is 8.65. The minimum atomic E-state index is 0.106. The van der Waals surface area contributed by atoms with Crippen molar-refractivity contribution in [3.05, 3.63) is 60.4 Å². The number of hydrogen-bond acceptors (Lipinski definition) is 4. The van der Waals surface area contributed by atoms with Crippen LogP contribution in [0.1, 0.15) is 24.3 Å². The van der Waals surface area contributed by atoms with Crippen molar-refractivity contribution in [1.82, 2.24) is 15.2 Å². The summed E-state index contributed by atoms with van der Waals surface area (Å²) < 4.78 is 5.29. The van der Waals surface area contributed by atoms with E-state index in [-0.39, 0.29) is 11.8 Å². The largest absolute Gasteiger partial charge is 0.497 e. The van der Waals surface area contributed by atoms with Gasteiger partial charge >= 0.3 is 0 Å². The fourth-order valence-corrected chi connectivity index (χ4v) is 3.39. The molecule has 3 heterocycles. The summed E-state index contributed by atoms with van der Waals surface area (Å²) in [5.74, 6) is 1.89. The Labute approximate surface area is 151 Å². The van der Waals surface area contributed by atoms with Crippen molar-refractivity contribution in [3.8, 4) is 17.0 Å². The molecule has 1 aliphatic heterocycles. The number of piperidine rings is 1. The second kappa shape index (κ2) is 7.00. The molecule has 1 unspecified atom stereocenters. The molecule has 1 saturated heterocycles. The number of anilines is 1. The molecule has 0 aliphatic carbocycles. The van der Waals surface area contributed by atoms with Gasteiger partial charge in [0.2, 0.25) is 5.91 Å². The van der Waals surface area contributed by atoms with Crippen molar-refractivity contribution >= 4 is 11.7 Å². The summed E-state index contributed by atoms with van der Waals surface area (Å²) in [7, 11) is 1.66. The molecule has 1 amide bonds. The van der Waals surface area contributed by atoms with Gasteiger partial charge in [-0.05, 0) is 42.2 Å². The van der Waals surface area contributed by atoms with Gasteiger partial charge in [0.15, 0.2) is 0 Å². The number of aromatic amines is 1. The van der Waals surface area contributed by atoms with Gasteiger partial charge in [-0.25, -0.2) is 0 Å². The third kappa shape index (κ3) is 3.18. The number of nitrogens with zero attached hydrogens (tertiary/aromatic N) is 3. The molecule has 6 nitrogen and oxygen atoms in total. The number of aromatic nitrogens is 3. The van der Waals surface area contributed by atoms with Crippen molar-refractivity contribution < 1.29 is 9.53 Å². The van der Waals surface area contributed by atoms with E-state index in [1.54, 1.807) is 24.4 Å². The van der Waals surface area contributed by atoms with E-state index < -0.39 is 0 Å². The second-order valence-electron chi connectivity index (χ2n) is 6.39. The number of H-pyrrole nitrogens is 1. The predicted octanol–water partition coefficient (Wildman–Crippen LogP) is 3.39. The normalized spacial score (nSPS) is 17.3. The standard InChI is InChI=1S/C20H20N4O2/c1-26-17-4-2-3-15(11-17)16-7-10-24(20(25)12-16)19-13-18(22-23-19)14-5-8-21-9-6-14/h2-6,8-9,11,13,16H,7,10,12H2,1H3,(H,22,23). The highest BCUT2D eigenvalue weighted by atomic mass is 16.5. The van der Waals surface area contributed by atoms with E-state index in [1.165, 1.54) is 0 Å². The maximum absolute atomic E-state index is 12.7. The molecule has 132 valence electrons. The molecule has 1 aromatic carbocycles. The Kier molecular flexibility index (Phi) is 4.39. The molecule has 1 atom stereocenters. The molecule has 0 spiro atoms.